The summed E-state index contributed by atoms with van der Waals surface area (Å²) in [5.41, 5.74) is 6.89. The maximum Gasteiger partial charge on any atom is 0.186 e. The number of nitrogens with one attached hydrogen (secondary N) is 2. The molecule has 0 aromatic heterocycles. The van der Waals surface area contributed by atoms with E-state index in [1.807, 2.05) is 6.07 Å². The molecule has 5 nitrogen and oxygen atoms in total. The van der Waals surface area contributed by atoms with Crippen LogP contribution < -0.4 is 21.6 Å². The van der Waals surface area contributed by atoms with Crippen LogP contribution in [0.1, 0.15) is 10.4 Å². The van der Waals surface area contributed by atoms with Crippen LogP contribution >= 0.6 is 0 Å². The lowest BCUT2D eigenvalue weighted by molar-refractivity contribution is 0.101. The maximum atomic E-state index is 11.4. The summed E-state index contributed by atoms with van der Waals surface area (Å²) < 4.78 is 0. The molecule has 14 heavy (non-hydrogen) atoms. The van der Waals surface area contributed by atoms with Crippen LogP contribution in [0.4, 0.5) is 5.69 Å². The van der Waals surface area contributed by atoms with Gasteiger partial charge in [0, 0.05) is 5.56 Å². The minimum atomic E-state index is 0.0646. The van der Waals surface area contributed by atoms with Crippen LogP contribution in [0.5, 0.6) is 0 Å². The van der Waals surface area contributed by atoms with E-state index in [-0.39, 0.29) is 12.3 Å². The molecular weight excluding hydrogens is 182 g/mol. The molecule has 0 radical (unpaired) electrons. The van der Waals surface area contributed by atoms with Gasteiger partial charge >= 0.3 is 0 Å². The number of nitrogens with zero attached hydrogens (tertiary/aromatic N) is 1. The van der Waals surface area contributed by atoms with Crippen molar-refractivity contribution in [3.05, 3.63) is 28.3 Å². The zero-order valence-corrected chi connectivity index (χ0v) is 7.20. The molecule has 0 unspecified atom stereocenters. The third-order valence-electron chi connectivity index (χ3n) is 2.32. The molecule has 0 saturated carbocycles. The Kier molecular flexibility index (Phi) is 1.37. The molecular formula is C9H7N3O2. The van der Waals surface area contributed by atoms with E-state index >= 15 is 0 Å². The largest absolute Gasteiger partial charge is 0.396 e. The summed E-state index contributed by atoms with van der Waals surface area (Å²) in [6, 6.07) is 3.61. The zero-order chi connectivity index (χ0) is 9.54. The van der Waals surface area contributed by atoms with E-state index in [0.717, 1.165) is 16.3 Å². The van der Waals surface area contributed by atoms with Crippen molar-refractivity contribution in [3.8, 4) is 0 Å². The molecule has 0 bridgehead atoms. The van der Waals surface area contributed by atoms with Crippen molar-refractivity contribution in [1.82, 2.24) is 5.59 Å². The van der Waals surface area contributed by atoms with E-state index in [0.29, 0.717) is 5.56 Å². The standard InChI is InChI=1S/C9H7N3O2/c13-8-3-10-9-5(8)1-2-7-6(9)4-14-12-11-7/h1-2,4,11-12H,3H2. The third-order valence-corrected chi connectivity index (χ3v) is 2.32. The number of Topliss-reactive ketones (excluding diaryl/α,β-unsaturated/α-hetero) is 1. The topological polar surface area (TPSA) is 62.7 Å². The first-order valence-electron chi connectivity index (χ1n) is 4.24. The number of rotatable bonds is 0. The number of hydrogen-bond acceptors (Lipinski definition) is 5. The molecule has 1 aromatic rings. The molecule has 0 fully saturated rings. The van der Waals surface area contributed by atoms with Crippen molar-refractivity contribution in [2.45, 2.75) is 0 Å². The van der Waals surface area contributed by atoms with Crippen molar-refractivity contribution in [1.29, 1.82) is 0 Å². The van der Waals surface area contributed by atoms with E-state index in [9.17, 15) is 4.79 Å². The average Bonchev–Trinajstić information content (AvgIpc) is 2.61. The van der Waals surface area contributed by atoms with Gasteiger partial charge in [0.2, 0.25) is 0 Å². The lowest BCUT2D eigenvalue weighted by Crippen LogP contribution is -2.38. The molecule has 0 atom stereocenters. The summed E-state index contributed by atoms with van der Waals surface area (Å²) in [5, 5.41) is 1.55. The molecule has 1 aromatic carbocycles. The van der Waals surface area contributed by atoms with Gasteiger partial charge in [0.05, 0.1) is 16.3 Å². The fraction of sp³-hybridized carbons (Fsp3) is 0.111. The lowest BCUT2D eigenvalue weighted by atomic mass is 10.1. The van der Waals surface area contributed by atoms with Crippen LogP contribution in [0.2, 0.25) is 0 Å². The number of carbonyl (C=O) groups excluding carboxylic acids is 1. The Morgan fingerprint density at radius 1 is 1.43 bits per heavy atom. The number of anilines is 1. The quantitative estimate of drug-likeness (QED) is 0.555. The Balaban J connectivity index is 2.42. The Morgan fingerprint density at radius 3 is 3.29 bits per heavy atom. The molecule has 2 heterocycles. The van der Waals surface area contributed by atoms with Gasteiger partial charge < -0.3 is 4.84 Å². The van der Waals surface area contributed by atoms with E-state index in [2.05, 4.69) is 16.0 Å². The first-order valence-corrected chi connectivity index (χ1v) is 4.24. The summed E-state index contributed by atoms with van der Waals surface area (Å²) in [6.07, 6.45) is 1.55. The summed E-state index contributed by atoms with van der Waals surface area (Å²) in [4.78, 5) is 20.4. The van der Waals surface area contributed by atoms with E-state index < -0.39 is 0 Å². The van der Waals surface area contributed by atoms with Gasteiger partial charge in [-0.05, 0) is 12.1 Å². The van der Waals surface area contributed by atoms with E-state index in [1.54, 1.807) is 12.3 Å². The normalized spacial score (nSPS) is 17.0. The van der Waals surface area contributed by atoms with Crippen molar-refractivity contribution in [2.75, 3.05) is 12.0 Å². The maximum absolute atomic E-state index is 11.4. The van der Waals surface area contributed by atoms with Gasteiger partial charge in [0.25, 0.3) is 0 Å². The molecule has 2 N–H and O–H groups in total. The second kappa shape index (κ2) is 2.55. The van der Waals surface area contributed by atoms with Gasteiger partial charge in [-0.2, -0.15) is 0 Å². The Morgan fingerprint density at radius 2 is 2.36 bits per heavy atom. The molecule has 0 aliphatic carbocycles. The average molecular weight is 189 g/mol. The number of benzene rings is 1. The number of fused-ring (bicyclic) bond motifs is 3. The highest BCUT2D eigenvalue weighted by molar-refractivity contribution is 5.99. The second-order valence-corrected chi connectivity index (χ2v) is 3.13. The molecule has 0 amide bonds. The summed E-state index contributed by atoms with van der Waals surface area (Å²) in [7, 11) is 0. The van der Waals surface area contributed by atoms with Gasteiger partial charge in [-0.25, -0.2) is 0 Å². The van der Waals surface area contributed by atoms with Crippen molar-refractivity contribution < 1.29 is 9.63 Å². The monoisotopic (exact) mass is 189 g/mol. The van der Waals surface area contributed by atoms with Crippen LogP contribution in [0.15, 0.2) is 17.1 Å². The predicted octanol–water partition coefficient (Wildman–Crippen LogP) is -0.898. The van der Waals surface area contributed by atoms with Crippen LogP contribution in [-0.4, -0.2) is 12.3 Å². The molecule has 3 rings (SSSR count). The molecule has 5 heteroatoms. The third kappa shape index (κ3) is 0.869. The number of hydrogen-bond donors (Lipinski definition) is 2. The van der Waals surface area contributed by atoms with Crippen molar-refractivity contribution in [2.24, 2.45) is 4.99 Å². The summed E-state index contributed by atoms with van der Waals surface area (Å²) in [5.74, 6) is 0.0646. The van der Waals surface area contributed by atoms with Gasteiger partial charge in [-0.3, -0.25) is 15.2 Å². The number of ketones is 1. The summed E-state index contributed by atoms with van der Waals surface area (Å²) >= 11 is 0. The molecule has 2 aliphatic heterocycles. The number of hydrazine groups is 1. The van der Waals surface area contributed by atoms with E-state index in [1.165, 1.54) is 0 Å². The highest BCUT2D eigenvalue weighted by Gasteiger charge is 2.17. The molecule has 0 spiro atoms. The smallest absolute Gasteiger partial charge is 0.186 e. The first-order chi connectivity index (χ1) is 6.86. The minimum absolute atomic E-state index is 0.0646. The minimum Gasteiger partial charge on any atom is -0.396 e. The van der Waals surface area contributed by atoms with Gasteiger partial charge in [0.1, 0.15) is 12.8 Å². The highest BCUT2D eigenvalue weighted by atomic mass is 16.7. The Labute approximate surface area is 79.0 Å². The zero-order valence-electron chi connectivity index (χ0n) is 7.20. The van der Waals surface area contributed by atoms with Crippen LogP contribution in [-0.2, 0) is 4.84 Å². The predicted molar refractivity (Wildman–Crippen MR) is 48.7 cm³/mol. The van der Waals surface area contributed by atoms with Crippen LogP contribution in [0.3, 0.4) is 0 Å². The lowest BCUT2D eigenvalue weighted by Gasteiger charge is -2.12. The van der Waals surface area contributed by atoms with Crippen LogP contribution in [0.25, 0.3) is 6.26 Å². The SMILES string of the molecule is O=C1CN=c2c1ccc1c2=CONN1. The first kappa shape index (κ1) is 7.52. The van der Waals surface area contributed by atoms with Gasteiger partial charge in [-0.1, -0.05) is 5.59 Å². The fourth-order valence-corrected chi connectivity index (χ4v) is 1.64. The molecule has 70 valence electrons. The Bertz CT molecular complexity index is 536. The summed E-state index contributed by atoms with van der Waals surface area (Å²) in [6.45, 7) is 0.243. The Hall–Kier alpha value is -1.88. The second-order valence-electron chi connectivity index (χ2n) is 3.13. The molecule has 0 saturated heterocycles. The van der Waals surface area contributed by atoms with Gasteiger partial charge in [-0.15, -0.1) is 0 Å². The van der Waals surface area contributed by atoms with Crippen molar-refractivity contribution >= 4 is 17.7 Å². The highest BCUT2D eigenvalue weighted by Crippen LogP contribution is 2.04. The molecule has 2 aliphatic rings. The van der Waals surface area contributed by atoms with Crippen molar-refractivity contribution in [3.63, 3.8) is 0 Å². The fourth-order valence-electron chi connectivity index (χ4n) is 1.64. The number of carbonyl (C=O) groups is 1. The van der Waals surface area contributed by atoms with Gasteiger partial charge in [0.15, 0.2) is 5.78 Å². The van der Waals surface area contributed by atoms with Crippen LogP contribution in [0, 0.1) is 0 Å². The van der Waals surface area contributed by atoms with E-state index in [4.69, 9.17) is 4.84 Å².